The molecule has 4 heteroatoms. The van der Waals surface area contributed by atoms with Gasteiger partial charge in [0.05, 0.1) is 0 Å². The molecule has 2 N–H and O–H groups in total. The molecule has 0 saturated carbocycles. The quantitative estimate of drug-likeness (QED) is 0.840. The van der Waals surface area contributed by atoms with Gasteiger partial charge in [0.2, 0.25) is 0 Å². The van der Waals surface area contributed by atoms with Gasteiger partial charge >= 0.3 is 0 Å². The van der Waals surface area contributed by atoms with Crippen LogP contribution in [0.2, 0.25) is 0 Å². The highest BCUT2D eigenvalue weighted by molar-refractivity contribution is 9.10. The Balaban J connectivity index is 2.35. The third-order valence-corrected chi connectivity index (χ3v) is 2.86. The van der Waals surface area contributed by atoms with Gasteiger partial charge in [0, 0.05) is 4.47 Å². The molecule has 0 saturated heterocycles. The van der Waals surface area contributed by atoms with Crippen LogP contribution in [0, 0.1) is 12.7 Å². The summed E-state index contributed by atoms with van der Waals surface area (Å²) in [7, 11) is 0. The maximum atomic E-state index is 13.2. The molecule has 0 unspecified atom stereocenters. The predicted octanol–water partition coefficient (Wildman–Crippen LogP) is 4.27. The lowest BCUT2D eigenvalue weighted by molar-refractivity contribution is 0.476. The maximum absolute atomic E-state index is 13.2. The first kappa shape index (κ1) is 11.9. The first-order valence-electron chi connectivity index (χ1n) is 5.06. The van der Waals surface area contributed by atoms with E-state index in [-0.39, 0.29) is 5.69 Å². The third-order valence-electron chi connectivity index (χ3n) is 2.37. The van der Waals surface area contributed by atoms with Crippen LogP contribution in [0.25, 0.3) is 0 Å². The van der Waals surface area contributed by atoms with E-state index in [1.54, 1.807) is 12.1 Å². The highest BCUT2D eigenvalue weighted by Crippen LogP contribution is 2.31. The molecular weight excluding hydrogens is 285 g/mol. The predicted molar refractivity (Wildman–Crippen MR) is 69.8 cm³/mol. The Morgan fingerprint density at radius 3 is 2.65 bits per heavy atom. The van der Waals surface area contributed by atoms with Crippen LogP contribution in [0.3, 0.4) is 0 Å². The molecule has 0 bridgehead atoms. The summed E-state index contributed by atoms with van der Waals surface area (Å²) in [6, 6.07) is 10.1. The van der Waals surface area contributed by atoms with Crippen molar-refractivity contribution in [1.29, 1.82) is 0 Å². The molecule has 2 aromatic carbocycles. The molecule has 0 aliphatic rings. The first-order chi connectivity index (χ1) is 8.08. The van der Waals surface area contributed by atoms with E-state index in [4.69, 9.17) is 10.5 Å². The van der Waals surface area contributed by atoms with Gasteiger partial charge in [-0.15, -0.1) is 0 Å². The molecule has 0 heterocycles. The molecule has 0 aromatic heterocycles. The first-order valence-corrected chi connectivity index (χ1v) is 5.85. The second kappa shape index (κ2) is 4.75. The van der Waals surface area contributed by atoms with E-state index >= 15 is 0 Å². The van der Waals surface area contributed by atoms with Crippen molar-refractivity contribution in [2.45, 2.75) is 6.92 Å². The standard InChI is InChI=1S/C13H11BrFNO/c1-8-7-9(14)5-6-11(8)17-12-4-2-3-10(15)13(12)16/h2-7H,16H2,1H3. The molecule has 88 valence electrons. The molecule has 0 atom stereocenters. The van der Waals surface area contributed by atoms with Gasteiger partial charge in [0.15, 0.2) is 5.75 Å². The Labute approximate surface area is 107 Å². The summed E-state index contributed by atoms with van der Waals surface area (Å²) in [4.78, 5) is 0. The maximum Gasteiger partial charge on any atom is 0.153 e. The number of hydrogen-bond acceptors (Lipinski definition) is 2. The van der Waals surface area contributed by atoms with E-state index in [9.17, 15) is 4.39 Å². The average Bonchev–Trinajstić information content (AvgIpc) is 2.28. The topological polar surface area (TPSA) is 35.2 Å². The van der Waals surface area contributed by atoms with E-state index in [1.165, 1.54) is 6.07 Å². The van der Waals surface area contributed by atoms with E-state index in [0.717, 1.165) is 10.0 Å². The van der Waals surface area contributed by atoms with Crippen molar-refractivity contribution in [3.05, 3.63) is 52.3 Å². The normalized spacial score (nSPS) is 10.3. The van der Waals surface area contributed by atoms with E-state index in [1.807, 2.05) is 25.1 Å². The smallest absolute Gasteiger partial charge is 0.153 e. The van der Waals surface area contributed by atoms with Gasteiger partial charge in [-0.05, 0) is 42.8 Å². The summed E-state index contributed by atoms with van der Waals surface area (Å²) in [5.74, 6) is 0.512. The molecule has 17 heavy (non-hydrogen) atoms. The molecule has 2 nitrogen and oxygen atoms in total. The molecule has 0 aliphatic carbocycles. The van der Waals surface area contributed by atoms with Crippen LogP contribution in [0.4, 0.5) is 10.1 Å². The van der Waals surface area contributed by atoms with Crippen LogP contribution in [0.1, 0.15) is 5.56 Å². The van der Waals surface area contributed by atoms with Crippen LogP contribution >= 0.6 is 15.9 Å². The van der Waals surface area contributed by atoms with Gasteiger partial charge in [-0.2, -0.15) is 0 Å². The van der Waals surface area contributed by atoms with Crippen LogP contribution in [-0.2, 0) is 0 Å². The van der Waals surface area contributed by atoms with Crippen molar-refractivity contribution in [2.75, 3.05) is 5.73 Å². The van der Waals surface area contributed by atoms with E-state index < -0.39 is 5.82 Å². The van der Waals surface area contributed by atoms with Gasteiger partial charge < -0.3 is 10.5 Å². The SMILES string of the molecule is Cc1cc(Br)ccc1Oc1cccc(F)c1N. The van der Waals surface area contributed by atoms with E-state index in [2.05, 4.69) is 15.9 Å². The fourth-order valence-electron chi connectivity index (χ4n) is 1.45. The van der Waals surface area contributed by atoms with Crippen molar-refractivity contribution in [3.8, 4) is 11.5 Å². The largest absolute Gasteiger partial charge is 0.455 e. The zero-order valence-corrected chi connectivity index (χ0v) is 10.8. The fraction of sp³-hybridized carbons (Fsp3) is 0.0769. The Kier molecular flexibility index (Phi) is 3.33. The lowest BCUT2D eigenvalue weighted by Gasteiger charge is -2.11. The van der Waals surface area contributed by atoms with Crippen LogP contribution in [0.5, 0.6) is 11.5 Å². The monoisotopic (exact) mass is 295 g/mol. The number of benzene rings is 2. The van der Waals surface area contributed by atoms with Crippen LogP contribution in [0.15, 0.2) is 40.9 Å². The molecule has 2 rings (SSSR count). The number of aryl methyl sites for hydroxylation is 1. The fourth-order valence-corrected chi connectivity index (χ4v) is 1.93. The highest BCUT2D eigenvalue weighted by atomic mass is 79.9. The number of rotatable bonds is 2. The number of nitrogens with two attached hydrogens (primary N) is 1. The van der Waals surface area contributed by atoms with Gasteiger partial charge in [-0.25, -0.2) is 4.39 Å². The molecule has 2 aromatic rings. The molecule has 0 amide bonds. The van der Waals surface area contributed by atoms with Crippen LogP contribution in [-0.4, -0.2) is 0 Å². The number of ether oxygens (including phenoxy) is 1. The summed E-state index contributed by atoms with van der Waals surface area (Å²) in [6.07, 6.45) is 0. The summed E-state index contributed by atoms with van der Waals surface area (Å²) in [5, 5.41) is 0. The highest BCUT2D eigenvalue weighted by Gasteiger charge is 2.08. The zero-order valence-electron chi connectivity index (χ0n) is 9.21. The number of hydrogen-bond donors (Lipinski definition) is 1. The Hall–Kier alpha value is -1.55. The summed E-state index contributed by atoms with van der Waals surface area (Å²) in [5.41, 5.74) is 6.57. The zero-order chi connectivity index (χ0) is 12.4. The Bertz CT molecular complexity index is 557. The number of anilines is 1. The lowest BCUT2D eigenvalue weighted by Crippen LogP contribution is -1.96. The van der Waals surface area contributed by atoms with Gasteiger partial charge in [0.25, 0.3) is 0 Å². The molecular formula is C13H11BrFNO. The van der Waals surface area contributed by atoms with Crippen LogP contribution < -0.4 is 10.5 Å². The molecule has 0 fully saturated rings. The van der Waals surface area contributed by atoms with E-state index in [0.29, 0.717) is 11.5 Å². The second-order valence-corrected chi connectivity index (χ2v) is 4.58. The molecule has 0 aliphatic heterocycles. The van der Waals surface area contributed by atoms with Crippen molar-refractivity contribution in [1.82, 2.24) is 0 Å². The number of halogens is 2. The average molecular weight is 296 g/mol. The minimum Gasteiger partial charge on any atom is -0.455 e. The van der Waals surface area contributed by atoms with Gasteiger partial charge in [0.1, 0.15) is 17.3 Å². The lowest BCUT2D eigenvalue weighted by atomic mass is 10.2. The van der Waals surface area contributed by atoms with Crippen molar-refractivity contribution < 1.29 is 9.13 Å². The van der Waals surface area contributed by atoms with Gasteiger partial charge in [-0.1, -0.05) is 22.0 Å². The summed E-state index contributed by atoms with van der Waals surface area (Å²) < 4.78 is 19.8. The Morgan fingerprint density at radius 2 is 1.94 bits per heavy atom. The Morgan fingerprint density at radius 1 is 1.18 bits per heavy atom. The number of para-hydroxylation sites is 1. The third kappa shape index (κ3) is 2.58. The minimum absolute atomic E-state index is 0.0230. The second-order valence-electron chi connectivity index (χ2n) is 3.66. The molecule has 0 radical (unpaired) electrons. The van der Waals surface area contributed by atoms with Crippen molar-refractivity contribution in [3.63, 3.8) is 0 Å². The molecule has 0 spiro atoms. The van der Waals surface area contributed by atoms with Crippen molar-refractivity contribution >= 4 is 21.6 Å². The minimum atomic E-state index is -0.475. The summed E-state index contributed by atoms with van der Waals surface area (Å²) in [6.45, 7) is 1.91. The van der Waals surface area contributed by atoms with Gasteiger partial charge in [-0.3, -0.25) is 0 Å². The summed E-state index contributed by atoms with van der Waals surface area (Å²) >= 11 is 3.37. The number of nitrogen functional groups attached to an aromatic ring is 1. The van der Waals surface area contributed by atoms with Crippen molar-refractivity contribution in [2.24, 2.45) is 0 Å².